The van der Waals surface area contributed by atoms with Gasteiger partial charge in [0.15, 0.2) is 11.5 Å². The summed E-state index contributed by atoms with van der Waals surface area (Å²) in [4.78, 5) is 22.8. The van der Waals surface area contributed by atoms with Gasteiger partial charge in [-0.05, 0) is 31.2 Å². The van der Waals surface area contributed by atoms with Gasteiger partial charge in [0.1, 0.15) is 5.75 Å². The molecular formula is C24H27N3O8. The zero-order valence-corrected chi connectivity index (χ0v) is 19.4. The first kappa shape index (κ1) is 25.4. The van der Waals surface area contributed by atoms with Crippen LogP contribution in [0.15, 0.2) is 48.7 Å². The number of anilines is 1. The Balaban J connectivity index is 0.000000509. The number of methoxy groups -OCH3 is 1. The molecule has 0 unspecified atom stereocenters. The lowest BCUT2D eigenvalue weighted by Gasteiger charge is -2.15. The van der Waals surface area contributed by atoms with E-state index in [-0.39, 0.29) is 6.79 Å². The summed E-state index contributed by atoms with van der Waals surface area (Å²) >= 11 is 0. The van der Waals surface area contributed by atoms with Crippen molar-refractivity contribution in [2.75, 3.05) is 32.4 Å². The summed E-state index contributed by atoms with van der Waals surface area (Å²) in [6, 6.07) is 13.9. The highest BCUT2D eigenvalue weighted by atomic mass is 16.7. The Morgan fingerprint density at radius 2 is 1.86 bits per heavy atom. The maximum Gasteiger partial charge on any atom is 0.414 e. The molecule has 1 aromatic heterocycles. The largest absolute Gasteiger partial charge is 0.494 e. The summed E-state index contributed by atoms with van der Waals surface area (Å²) in [7, 11) is 1.70. The second-order valence-corrected chi connectivity index (χ2v) is 7.18. The molecular weight excluding hydrogens is 458 g/mol. The van der Waals surface area contributed by atoms with Gasteiger partial charge in [0.2, 0.25) is 12.7 Å². The van der Waals surface area contributed by atoms with Crippen LogP contribution in [0.3, 0.4) is 0 Å². The van der Waals surface area contributed by atoms with Gasteiger partial charge in [-0.3, -0.25) is 0 Å². The van der Waals surface area contributed by atoms with Crippen molar-refractivity contribution in [2.45, 2.75) is 20.0 Å². The average molecular weight is 485 g/mol. The second-order valence-electron chi connectivity index (χ2n) is 7.18. The van der Waals surface area contributed by atoms with Crippen LogP contribution in [0.1, 0.15) is 12.5 Å². The van der Waals surface area contributed by atoms with Gasteiger partial charge in [0.25, 0.3) is 0 Å². The number of para-hydroxylation sites is 1. The van der Waals surface area contributed by atoms with E-state index in [0.29, 0.717) is 26.3 Å². The van der Waals surface area contributed by atoms with Crippen LogP contribution in [0, 0.1) is 0 Å². The van der Waals surface area contributed by atoms with E-state index in [0.717, 1.165) is 40.0 Å². The highest BCUT2D eigenvalue weighted by Crippen LogP contribution is 2.36. The van der Waals surface area contributed by atoms with Gasteiger partial charge in [0.05, 0.1) is 25.1 Å². The van der Waals surface area contributed by atoms with Crippen LogP contribution >= 0.6 is 0 Å². The first-order chi connectivity index (χ1) is 16.9. The van der Waals surface area contributed by atoms with Crippen LogP contribution in [0.25, 0.3) is 11.3 Å². The van der Waals surface area contributed by atoms with Gasteiger partial charge >= 0.3 is 11.9 Å². The molecule has 0 saturated carbocycles. The number of rotatable bonds is 9. The number of carboxylic acid groups (broad SMARTS) is 2. The number of fused-ring (bicyclic) bond motifs is 1. The quantitative estimate of drug-likeness (QED) is 0.387. The van der Waals surface area contributed by atoms with Crippen molar-refractivity contribution in [1.82, 2.24) is 9.55 Å². The number of aliphatic carboxylic acids is 2. The zero-order valence-electron chi connectivity index (χ0n) is 19.4. The molecule has 0 radical (unpaired) electrons. The molecule has 11 heteroatoms. The van der Waals surface area contributed by atoms with E-state index >= 15 is 0 Å². The number of benzene rings is 2. The van der Waals surface area contributed by atoms with Gasteiger partial charge in [-0.15, -0.1) is 0 Å². The number of nitrogens with zero attached hydrogens (tertiary/aromatic N) is 2. The highest BCUT2D eigenvalue weighted by molar-refractivity contribution is 6.27. The molecule has 0 fully saturated rings. The van der Waals surface area contributed by atoms with E-state index in [4.69, 9.17) is 38.7 Å². The summed E-state index contributed by atoms with van der Waals surface area (Å²) in [5.74, 6) is -0.468. The Morgan fingerprint density at radius 3 is 2.57 bits per heavy atom. The van der Waals surface area contributed by atoms with Gasteiger partial charge < -0.3 is 39.0 Å². The number of carbonyl (C=O) groups is 2. The van der Waals surface area contributed by atoms with Gasteiger partial charge in [-0.2, -0.15) is 0 Å². The third kappa shape index (κ3) is 6.64. The smallest absolute Gasteiger partial charge is 0.414 e. The number of hydrogen-bond donors (Lipinski definition) is 3. The molecule has 2 heterocycles. The molecule has 2 aromatic carbocycles. The van der Waals surface area contributed by atoms with Crippen molar-refractivity contribution < 1.29 is 38.7 Å². The van der Waals surface area contributed by atoms with Gasteiger partial charge in [-0.25, -0.2) is 14.6 Å². The normalized spacial score (nSPS) is 11.4. The topological polar surface area (TPSA) is 141 Å². The molecule has 186 valence electrons. The van der Waals surface area contributed by atoms with Crippen LogP contribution in [0.4, 0.5) is 5.95 Å². The maximum absolute atomic E-state index is 9.10. The number of hydrogen-bond acceptors (Lipinski definition) is 8. The number of ether oxygens (including phenoxy) is 4. The second kappa shape index (κ2) is 12.3. The van der Waals surface area contributed by atoms with Crippen LogP contribution < -0.4 is 19.5 Å². The maximum atomic E-state index is 9.10. The van der Waals surface area contributed by atoms with Crippen LogP contribution in [0.2, 0.25) is 0 Å². The number of nitrogens with one attached hydrogen (secondary N) is 1. The minimum absolute atomic E-state index is 0.258. The average Bonchev–Trinajstić information content (AvgIpc) is 3.49. The lowest BCUT2D eigenvalue weighted by Crippen LogP contribution is -2.12. The van der Waals surface area contributed by atoms with E-state index in [9.17, 15) is 0 Å². The van der Waals surface area contributed by atoms with Gasteiger partial charge in [-0.1, -0.05) is 18.2 Å². The highest BCUT2D eigenvalue weighted by Gasteiger charge is 2.17. The summed E-state index contributed by atoms with van der Waals surface area (Å²) in [6.07, 6.45) is 1.87. The molecule has 1 aliphatic heterocycles. The lowest BCUT2D eigenvalue weighted by atomic mass is 10.1. The minimum Gasteiger partial charge on any atom is -0.494 e. The molecule has 1 aliphatic rings. The fourth-order valence-corrected chi connectivity index (χ4v) is 3.33. The predicted octanol–water partition coefficient (Wildman–Crippen LogP) is 3.09. The standard InChI is InChI=1S/C22H25N3O4.C2H2O4/c1-3-27-19-7-5-4-6-17(19)13-23-22-24-14-18(25(22)10-11-26-2)16-8-9-20-21(12-16)29-15-28-20;3-1(4)2(5)6/h4-9,12,14H,3,10-11,13,15H2,1-2H3,(H,23,24);(H,3,4)(H,5,6). The third-order valence-electron chi connectivity index (χ3n) is 4.94. The molecule has 0 spiro atoms. The Kier molecular flexibility index (Phi) is 8.90. The number of imidazole rings is 1. The van der Waals surface area contributed by atoms with E-state index in [1.165, 1.54) is 0 Å². The minimum atomic E-state index is -1.82. The number of aromatic nitrogens is 2. The number of carboxylic acids is 2. The van der Waals surface area contributed by atoms with Crippen LogP contribution in [-0.2, 0) is 27.4 Å². The molecule has 11 nitrogen and oxygen atoms in total. The Bertz CT molecular complexity index is 1150. The van der Waals surface area contributed by atoms with Crippen molar-refractivity contribution in [3.05, 3.63) is 54.2 Å². The summed E-state index contributed by atoms with van der Waals surface area (Å²) in [5, 5.41) is 18.2. The van der Waals surface area contributed by atoms with Crippen molar-refractivity contribution >= 4 is 17.9 Å². The molecule has 35 heavy (non-hydrogen) atoms. The summed E-state index contributed by atoms with van der Waals surface area (Å²) < 4.78 is 24.1. The fourth-order valence-electron chi connectivity index (χ4n) is 3.33. The van der Waals surface area contributed by atoms with E-state index < -0.39 is 11.9 Å². The third-order valence-corrected chi connectivity index (χ3v) is 4.94. The molecule has 0 aliphatic carbocycles. The first-order valence-electron chi connectivity index (χ1n) is 10.8. The Hall–Kier alpha value is -4.25. The van der Waals surface area contributed by atoms with Crippen LogP contribution in [-0.4, -0.2) is 58.8 Å². The van der Waals surface area contributed by atoms with E-state index in [1.807, 2.05) is 49.5 Å². The molecule has 0 amide bonds. The van der Waals surface area contributed by atoms with Crippen molar-refractivity contribution in [3.63, 3.8) is 0 Å². The molecule has 3 N–H and O–H groups in total. The van der Waals surface area contributed by atoms with Crippen LogP contribution in [0.5, 0.6) is 17.2 Å². The lowest BCUT2D eigenvalue weighted by molar-refractivity contribution is -0.159. The SMILES string of the molecule is CCOc1ccccc1CNc1ncc(-c2ccc3c(c2)OCO3)n1CCOC.O=C(O)C(=O)O. The van der Waals surface area contributed by atoms with Crippen molar-refractivity contribution in [2.24, 2.45) is 0 Å². The zero-order chi connectivity index (χ0) is 25.2. The van der Waals surface area contributed by atoms with Gasteiger partial charge in [0, 0.05) is 31.3 Å². The van der Waals surface area contributed by atoms with E-state index in [2.05, 4.69) is 20.9 Å². The molecule has 0 saturated heterocycles. The Labute approximate surface area is 201 Å². The monoisotopic (exact) mass is 485 g/mol. The summed E-state index contributed by atoms with van der Waals surface area (Å²) in [6.45, 7) is 4.75. The van der Waals surface area contributed by atoms with Crippen molar-refractivity contribution in [1.29, 1.82) is 0 Å². The predicted molar refractivity (Wildman–Crippen MR) is 126 cm³/mol. The van der Waals surface area contributed by atoms with E-state index in [1.54, 1.807) is 7.11 Å². The molecule has 0 bridgehead atoms. The summed E-state index contributed by atoms with van der Waals surface area (Å²) in [5.41, 5.74) is 3.09. The van der Waals surface area contributed by atoms with Crippen molar-refractivity contribution in [3.8, 4) is 28.5 Å². The first-order valence-corrected chi connectivity index (χ1v) is 10.8. The molecule has 3 aromatic rings. The molecule has 0 atom stereocenters. The molecule has 4 rings (SSSR count). The Morgan fingerprint density at radius 1 is 1.11 bits per heavy atom. The fraction of sp³-hybridized carbons (Fsp3) is 0.292.